The highest BCUT2D eigenvalue weighted by atomic mass is 16.5. The lowest BCUT2D eigenvalue weighted by molar-refractivity contribution is 0.0696. The Morgan fingerprint density at radius 1 is 1.37 bits per heavy atom. The predicted octanol–water partition coefficient (Wildman–Crippen LogP) is 1.70. The van der Waals surface area contributed by atoms with Gasteiger partial charge in [-0.3, -0.25) is 4.98 Å². The van der Waals surface area contributed by atoms with Gasteiger partial charge in [-0.05, 0) is 19.9 Å². The molecule has 0 saturated carbocycles. The molecule has 0 spiro atoms. The summed E-state index contributed by atoms with van der Waals surface area (Å²) in [6.07, 6.45) is 0. The molecule has 2 heterocycles. The maximum atomic E-state index is 11.2. The number of aromatic carboxylic acids is 1. The molecule has 0 atom stereocenters. The third-order valence-electron chi connectivity index (χ3n) is 2.55. The number of anilines is 1. The van der Waals surface area contributed by atoms with Crippen LogP contribution in [0, 0.1) is 20.8 Å². The van der Waals surface area contributed by atoms with Gasteiger partial charge in [0.1, 0.15) is 5.56 Å². The van der Waals surface area contributed by atoms with Gasteiger partial charge in [-0.15, -0.1) is 0 Å². The summed E-state index contributed by atoms with van der Waals surface area (Å²) in [6, 6.07) is 1.68. The van der Waals surface area contributed by atoms with Gasteiger partial charge in [0.25, 0.3) is 0 Å². The molecule has 0 aliphatic heterocycles. The number of hydrogen-bond donors (Lipinski definition) is 2. The fourth-order valence-corrected chi connectivity index (χ4v) is 1.83. The molecule has 0 amide bonds. The molecule has 0 unspecified atom stereocenters. The average molecular weight is 262 g/mol. The van der Waals surface area contributed by atoms with Gasteiger partial charge in [-0.2, -0.15) is 4.98 Å². The molecule has 2 aromatic heterocycles. The summed E-state index contributed by atoms with van der Waals surface area (Å²) >= 11 is 0. The van der Waals surface area contributed by atoms with Crippen molar-refractivity contribution in [3.8, 4) is 0 Å². The highest BCUT2D eigenvalue weighted by Crippen LogP contribution is 2.20. The van der Waals surface area contributed by atoms with Gasteiger partial charge in [0.05, 0.1) is 17.9 Å². The van der Waals surface area contributed by atoms with Crippen LogP contribution in [-0.2, 0) is 6.54 Å². The summed E-state index contributed by atoms with van der Waals surface area (Å²) in [5, 5.41) is 15.9. The van der Waals surface area contributed by atoms with E-state index >= 15 is 0 Å². The highest BCUT2D eigenvalue weighted by molar-refractivity contribution is 5.95. The monoisotopic (exact) mass is 262 g/mol. The van der Waals surface area contributed by atoms with Crippen LogP contribution in [0.5, 0.6) is 0 Å². The van der Waals surface area contributed by atoms with Crippen LogP contribution in [0.25, 0.3) is 0 Å². The van der Waals surface area contributed by atoms with Crippen molar-refractivity contribution in [3.63, 3.8) is 0 Å². The standard InChI is InChI=1S/C12H14N4O3/c1-6-4-9(11(12(17)18)7(2)14-6)13-5-10-15-8(3)19-16-10/h4H,5H2,1-3H3,(H,13,14)(H,17,18). The Kier molecular flexibility index (Phi) is 3.46. The Morgan fingerprint density at radius 3 is 2.68 bits per heavy atom. The van der Waals surface area contributed by atoms with Crippen molar-refractivity contribution in [3.05, 3.63) is 34.7 Å². The van der Waals surface area contributed by atoms with E-state index in [4.69, 9.17) is 4.52 Å². The van der Waals surface area contributed by atoms with Gasteiger partial charge in [0.2, 0.25) is 5.89 Å². The van der Waals surface area contributed by atoms with Gasteiger partial charge >= 0.3 is 5.97 Å². The lowest BCUT2D eigenvalue weighted by atomic mass is 10.1. The van der Waals surface area contributed by atoms with Crippen molar-refractivity contribution in [2.45, 2.75) is 27.3 Å². The molecule has 100 valence electrons. The minimum atomic E-state index is -1.02. The van der Waals surface area contributed by atoms with E-state index in [-0.39, 0.29) is 5.56 Å². The lowest BCUT2D eigenvalue weighted by Crippen LogP contribution is -2.11. The normalized spacial score (nSPS) is 10.5. The number of hydrogen-bond acceptors (Lipinski definition) is 6. The number of aryl methyl sites for hydroxylation is 3. The van der Waals surface area contributed by atoms with E-state index in [1.165, 1.54) is 0 Å². The van der Waals surface area contributed by atoms with E-state index in [1.54, 1.807) is 19.9 Å². The fourth-order valence-electron chi connectivity index (χ4n) is 1.83. The third kappa shape index (κ3) is 2.87. The molecular weight excluding hydrogens is 248 g/mol. The number of pyridine rings is 1. The summed E-state index contributed by atoms with van der Waals surface area (Å²) < 4.78 is 4.85. The van der Waals surface area contributed by atoms with Crippen molar-refractivity contribution in [2.75, 3.05) is 5.32 Å². The number of rotatable bonds is 4. The average Bonchev–Trinajstić information content (AvgIpc) is 2.71. The molecule has 19 heavy (non-hydrogen) atoms. The Bertz CT molecular complexity index is 621. The SMILES string of the molecule is Cc1cc(NCc2noc(C)n2)c(C(=O)O)c(C)n1. The first-order chi connectivity index (χ1) is 8.97. The number of nitrogens with zero attached hydrogens (tertiary/aromatic N) is 3. The second-order valence-corrected chi connectivity index (χ2v) is 4.16. The van der Waals surface area contributed by atoms with Gasteiger partial charge in [0.15, 0.2) is 5.82 Å². The lowest BCUT2D eigenvalue weighted by Gasteiger charge is -2.11. The van der Waals surface area contributed by atoms with Crippen LogP contribution in [0.2, 0.25) is 0 Å². The van der Waals surface area contributed by atoms with Crippen LogP contribution in [0.15, 0.2) is 10.6 Å². The molecule has 0 aliphatic carbocycles. The molecule has 7 heteroatoms. The Labute approximate surface area is 109 Å². The van der Waals surface area contributed by atoms with E-state index in [1.807, 2.05) is 6.92 Å². The summed E-state index contributed by atoms with van der Waals surface area (Å²) in [5.74, 6) is -0.0740. The van der Waals surface area contributed by atoms with E-state index in [0.29, 0.717) is 29.6 Å². The zero-order chi connectivity index (χ0) is 14.0. The zero-order valence-electron chi connectivity index (χ0n) is 10.9. The Balaban J connectivity index is 2.26. The molecule has 0 saturated heterocycles. The topological polar surface area (TPSA) is 101 Å². The molecule has 2 rings (SSSR count). The molecule has 0 bridgehead atoms. The van der Waals surface area contributed by atoms with Crippen LogP contribution >= 0.6 is 0 Å². The van der Waals surface area contributed by atoms with Crippen LogP contribution in [0.1, 0.15) is 33.5 Å². The fraction of sp³-hybridized carbons (Fsp3) is 0.333. The van der Waals surface area contributed by atoms with Gasteiger partial charge in [-0.25, -0.2) is 4.79 Å². The highest BCUT2D eigenvalue weighted by Gasteiger charge is 2.15. The van der Waals surface area contributed by atoms with E-state index in [0.717, 1.165) is 5.69 Å². The zero-order valence-corrected chi connectivity index (χ0v) is 10.9. The van der Waals surface area contributed by atoms with Crippen LogP contribution in [0.4, 0.5) is 5.69 Å². The number of carboxylic acid groups (broad SMARTS) is 1. The van der Waals surface area contributed by atoms with Crippen molar-refractivity contribution in [1.82, 2.24) is 15.1 Å². The summed E-state index contributed by atoms with van der Waals surface area (Å²) in [6.45, 7) is 5.46. The second-order valence-electron chi connectivity index (χ2n) is 4.16. The first kappa shape index (κ1) is 13.0. The molecule has 7 nitrogen and oxygen atoms in total. The van der Waals surface area contributed by atoms with Crippen molar-refractivity contribution in [1.29, 1.82) is 0 Å². The predicted molar refractivity (Wildman–Crippen MR) is 67.0 cm³/mol. The molecular formula is C12H14N4O3. The molecule has 2 N–H and O–H groups in total. The van der Waals surface area contributed by atoms with Crippen LogP contribution in [0.3, 0.4) is 0 Å². The third-order valence-corrected chi connectivity index (χ3v) is 2.55. The first-order valence-electron chi connectivity index (χ1n) is 5.72. The molecule has 0 aliphatic rings. The van der Waals surface area contributed by atoms with Crippen molar-refractivity contribution < 1.29 is 14.4 Å². The number of nitrogens with one attached hydrogen (secondary N) is 1. The van der Waals surface area contributed by atoms with Crippen LogP contribution in [-0.4, -0.2) is 26.2 Å². The molecule has 0 aromatic carbocycles. The Hall–Kier alpha value is -2.44. The smallest absolute Gasteiger partial charge is 0.339 e. The number of aromatic nitrogens is 3. The summed E-state index contributed by atoms with van der Waals surface area (Å²) in [4.78, 5) is 19.4. The van der Waals surface area contributed by atoms with E-state index in [9.17, 15) is 9.90 Å². The van der Waals surface area contributed by atoms with E-state index < -0.39 is 5.97 Å². The largest absolute Gasteiger partial charge is 0.478 e. The van der Waals surface area contributed by atoms with Crippen molar-refractivity contribution >= 4 is 11.7 Å². The van der Waals surface area contributed by atoms with Crippen LogP contribution < -0.4 is 5.32 Å². The quantitative estimate of drug-likeness (QED) is 0.864. The minimum absolute atomic E-state index is 0.158. The molecule has 0 fully saturated rings. The van der Waals surface area contributed by atoms with Crippen molar-refractivity contribution in [2.24, 2.45) is 0 Å². The molecule has 2 aromatic rings. The second kappa shape index (κ2) is 5.05. The maximum absolute atomic E-state index is 11.2. The number of carboxylic acids is 1. The minimum Gasteiger partial charge on any atom is -0.478 e. The van der Waals surface area contributed by atoms with Gasteiger partial charge in [0, 0.05) is 12.6 Å². The Morgan fingerprint density at radius 2 is 2.11 bits per heavy atom. The van der Waals surface area contributed by atoms with E-state index in [2.05, 4.69) is 20.4 Å². The molecule has 0 radical (unpaired) electrons. The van der Waals surface area contributed by atoms with Gasteiger partial charge < -0.3 is 14.9 Å². The van der Waals surface area contributed by atoms with Gasteiger partial charge in [-0.1, -0.05) is 5.16 Å². The summed E-state index contributed by atoms with van der Waals surface area (Å²) in [5.41, 5.74) is 1.87. The number of carbonyl (C=O) groups is 1. The summed E-state index contributed by atoms with van der Waals surface area (Å²) in [7, 11) is 0. The maximum Gasteiger partial charge on any atom is 0.339 e. The first-order valence-corrected chi connectivity index (χ1v) is 5.72.